The van der Waals surface area contributed by atoms with Crippen LogP contribution in [0.1, 0.15) is 79.3 Å². The van der Waals surface area contributed by atoms with Gasteiger partial charge in [-0.1, -0.05) is 72.8 Å². The molecule has 1 aromatic heterocycles. The molecule has 4 aromatic carbocycles. The third-order valence-electron chi connectivity index (χ3n) is 11.2. The summed E-state index contributed by atoms with van der Waals surface area (Å²) in [5, 5.41) is 15.7. The van der Waals surface area contributed by atoms with Crippen molar-refractivity contribution in [2.24, 2.45) is 4.99 Å². The van der Waals surface area contributed by atoms with Gasteiger partial charge in [-0.25, -0.2) is 14.6 Å². The molecule has 6 atom stereocenters. The van der Waals surface area contributed by atoms with E-state index in [1.807, 2.05) is 102 Å². The Bertz CT molecular complexity index is 2290. The average molecular weight is 890 g/mol. The average Bonchev–Trinajstić information content (AvgIpc) is 3.91. The zero-order valence-corrected chi connectivity index (χ0v) is 38.1. The van der Waals surface area contributed by atoms with Gasteiger partial charge in [0.15, 0.2) is 12.4 Å². The van der Waals surface area contributed by atoms with Crippen molar-refractivity contribution in [1.29, 1.82) is 5.26 Å². The van der Waals surface area contributed by atoms with Crippen molar-refractivity contribution in [3.8, 4) is 17.6 Å². The third-order valence-corrected chi connectivity index (χ3v) is 13.3. The lowest BCUT2D eigenvalue weighted by atomic mass is 9.80. The van der Waals surface area contributed by atoms with Crippen LogP contribution in [0.15, 0.2) is 121 Å². The van der Waals surface area contributed by atoms with Crippen LogP contribution in [0.5, 0.6) is 11.5 Å². The van der Waals surface area contributed by atoms with Crippen molar-refractivity contribution in [2.45, 2.75) is 82.5 Å². The number of hydrogen-bond donors (Lipinski definition) is 2. The fourth-order valence-electron chi connectivity index (χ4n) is 8.19. The number of carbonyl (C=O) groups excluding carboxylic acids is 1. The molecule has 2 aliphatic heterocycles. The van der Waals surface area contributed by atoms with Gasteiger partial charge >= 0.3 is 0 Å². The minimum absolute atomic E-state index is 0.0141. The second-order valence-corrected chi connectivity index (χ2v) is 17.2. The number of nitrogens with zero attached hydrogens (tertiary/aromatic N) is 5. The second kappa shape index (κ2) is 21.3. The summed E-state index contributed by atoms with van der Waals surface area (Å²) in [7, 11) is 3.13. The number of carbonyl (C=O) groups is 1. The lowest BCUT2D eigenvalue weighted by molar-refractivity contribution is -0.0941. The molecule has 0 saturated carbocycles. The molecule has 336 valence electrons. The van der Waals surface area contributed by atoms with E-state index in [0.717, 1.165) is 16.7 Å². The van der Waals surface area contributed by atoms with Gasteiger partial charge in [-0.3, -0.25) is 9.36 Å². The van der Waals surface area contributed by atoms with Crippen molar-refractivity contribution in [3.05, 3.63) is 143 Å². The van der Waals surface area contributed by atoms with Gasteiger partial charge in [-0.2, -0.15) is 5.26 Å². The van der Waals surface area contributed by atoms with Gasteiger partial charge in [0.1, 0.15) is 46.9 Å². The van der Waals surface area contributed by atoms with Crippen molar-refractivity contribution >= 4 is 26.6 Å². The molecule has 2 N–H and O–H groups in total. The van der Waals surface area contributed by atoms with E-state index in [2.05, 4.69) is 54.1 Å². The maximum atomic E-state index is 13.3. The molecule has 1 amide bonds. The van der Waals surface area contributed by atoms with Gasteiger partial charge in [0.25, 0.3) is 14.4 Å². The minimum atomic E-state index is -1.76. The molecule has 16 heteroatoms. The van der Waals surface area contributed by atoms with E-state index < -0.39 is 44.8 Å². The highest BCUT2D eigenvalue weighted by atomic mass is 31.2. The molecule has 2 aliphatic rings. The van der Waals surface area contributed by atoms with Crippen LogP contribution in [0, 0.1) is 11.3 Å². The third kappa shape index (κ3) is 9.84. The fraction of sp³-hybridized carbons (Fsp3) is 0.375. The molecule has 5 aromatic rings. The summed E-state index contributed by atoms with van der Waals surface area (Å²) in [6, 6.07) is 36.9. The smallest absolute Gasteiger partial charge is 0.259 e. The summed E-state index contributed by atoms with van der Waals surface area (Å²) in [5.74, 6) is 1.68. The Morgan fingerprint density at radius 3 is 2.03 bits per heavy atom. The number of amides is 1. The van der Waals surface area contributed by atoms with Crippen LogP contribution in [0.2, 0.25) is 0 Å². The Morgan fingerprint density at radius 2 is 1.47 bits per heavy atom. The maximum Gasteiger partial charge on any atom is 0.259 e. The van der Waals surface area contributed by atoms with Crippen LogP contribution in [0.4, 0.5) is 5.82 Å². The van der Waals surface area contributed by atoms with Crippen LogP contribution in [-0.4, -0.2) is 91.4 Å². The monoisotopic (exact) mass is 889 g/mol. The van der Waals surface area contributed by atoms with Gasteiger partial charge in [-0.05, 0) is 80.8 Å². The summed E-state index contributed by atoms with van der Waals surface area (Å²) >= 11 is 0. The zero-order valence-electron chi connectivity index (χ0n) is 37.2. The van der Waals surface area contributed by atoms with E-state index in [-0.39, 0.29) is 37.6 Å². The van der Waals surface area contributed by atoms with Gasteiger partial charge in [0.2, 0.25) is 0 Å². The molecule has 2 unspecified atom stereocenters. The van der Waals surface area contributed by atoms with E-state index >= 15 is 0 Å². The molecule has 1 fully saturated rings. The van der Waals surface area contributed by atoms with Gasteiger partial charge in [0, 0.05) is 24.8 Å². The minimum Gasteiger partial charge on any atom is -0.497 e. The fourth-order valence-corrected chi connectivity index (χ4v) is 9.96. The van der Waals surface area contributed by atoms with E-state index in [0.29, 0.717) is 28.6 Å². The van der Waals surface area contributed by atoms with Gasteiger partial charge in [0.05, 0.1) is 52.6 Å². The standard InChI is InChI=1S/C48H56N7O8P/c1-32(2)55(33(3)4)64(61-28-14-27-49)63-42-40(62-47(43(42)59-7)54-31-52-41-44(50-30-51-45(41)54)53-46(56)34-15-10-8-11-16-34)29-60-48(35-17-12-9-13-18-35,36-19-23-38(57-5)24-20-36)37-21-25-39(58-6)26-22-37/h8-13,15-26,30-33,40,42-44,47H,14,28-29H2,1-7H3,(H,50,51)(H,53,56)/t40-,42-,43-,44?,47-,64?/m1/s1. The quantitative estimate of drug-likeness (QED) is 0.0437. The molecule has 0 bridgehead atoms. The predicted octanol–water partition coefficient (Wildman–Crippen LogP) is 8.36. The molecule has 1 saturated heterocycles. The summed E-state index contributed by atoms with van der Waals surface area (Å²) in [6.07, 6.45) is -0.470. The first-order chi connectivity index (χ1) is 31.1. The largest absolute Gasteiger partial charge is 0.497 e. The van der Waals surface area contributed by atoms with Crippen LogP contribution in [-0.2, 0) is 28.9 Å². The Labute approximate surface area is 376 Å². The number of ether oxygens (including phenoxy) is 5. The van der Waals surface area contributed by atoms with E-state index in [1.165, 1.54) is 6.34 Å². The maximum absolute atomic E-state index is 13.3. The number of nitriles is 1. The van der Waals surface area contributed by atoms with E-state index in [1.54, 1.807) is 39.8 Å². The zero-order chi connectivity index (χ0) is 45.2. The highest BCUT2D eigenvalue weighted by Gasteiger charge is 2.52. The Balaban J connectivity index is 1.31. The Kier molecular flexibility index (Phi) is 15.4. The first kappa shape index (κ1) is 46.3. The van der Waals surface area contributed by atoms with Crippen molar-refractivity contribution in [1.82, 2.24) is 19.5 Å². The van der Waals surface area contributed by atoms with Gasteiger partial charge in [-0.15, -0.1) is 0 Å². The van der Waals surface area contributed by atoms with Crippen molar-refractivity contribution < 1.29 is 37.5 Å². The lowest BCUT2D eigenvalue weighted by Gasteiger charge is -2.39. The predicted molar refractivity (Wildman–Crippen MR) is 244 cm³/mol. The highest BCUT2D eigenvalue weighted by molar-refractivity contribution is 7.44. The number of aromatic nitrogens is 2. The number of nitrogens with one attached hydrogen (secondary N) is 2. The molecular weight excluding hydrogens is 834 g/mol. The number of benzene rings is 4. The van der Waals surface area contributed by atoms with E-state index in [4.69, 9.17) is 37.7 Å². The molecule has 0 radical (unpaired) electrons. The van der Waals surface area contributed by atoms with Crippen LogP contribution in [0.3, 0.4) is 0 Å². The highest BCUT2D eigenvalue weighted by Crippen LogP contribution is 2.52. The summed E-state index contributed by atoms with van der Waals surface area (Å²) in [5.41, 5.74) is 2.41. The summed E-state index contributed by atoms with van der Waals surface area (Å²) < 4.78 is 49.7. The molecule has 7 rings (SSSR count). The van der Waals surface area contributed by atoms with Crippen molar-refractivity contribution in [2.75, 3.05) is 39.9 Å². The number of methoxy groups -OCH3 is 3. The summed E-state index contributed by atoms with van der Waals surface area (Å²) in [6.45, 7) is 8.54. The second-order valence-electron chi connectivity index (χ2n) is 15.7. The first-order valence-corrected chi connectivity index (χ1v) is 22.4. The van der Waals surface area contributed by atoms with Crippen molar-refractivity contribution in [3.63, 3.8) is 0 Å². The van der Waals surface area contributed by atoms with Crippen LogP contribution in [0.25, 0.3) is 0 Å². The number of hydrogen-bond acceptors (Lipinski definition) is 13. The number of rotatable bonds is 20. The Hall–Kier alpha value is -5.69. The normalized spacial score (nSPS) is 19.9. The van der Waals surface area contributed by atoms with E-state index in [9.17, 15) is 10.1 Å². The number of anilines is 1. The molecule has 15 nitrogen and oxygen atoms in total. The molecule has 3 heterocycles. The Morgan fingerprint density at radius 1 is 0.875 bits per heavy atom. The molecule has 0 spiro atoms. The molecular formula is C48H56N7O8P. The van der Waals surface area contributed by atoms with Gasteiger partial charge < -0.3 is 43.4 Å². The lowest BCUT2D eigenvalue weighted by Crippen LogP contribution is -2.42. The summed E-state index contributed by atoms with van der Waals surface area (Å²) in [4.78, 5) is 22.6. The van der Waals surface area contributed by atoms with Crippen LogP contribution < -0.4 is 20.1 Å². The first-order valence-electron chi connectivity index (χ1n) is 21.3. The number of imidazole rings is 1. The number of aliphatic imine (C=N–C) groups is 1. The van der Waals surface area contributed by atoms with Crippen LogP contribution >= 0.6 is 8.53 Å². The topological polar surface area (TPSA) is 163 Å². The molecule has 0 aliphatic carbocycles. The molecule has 64 heavy (non-hydrogen) atoms. The number of fused-ring (bicyclic) bond motifs is 1. The SMILES string of the molecule is COc1ccc(C(OC[C@H]2O[C@@H](n3cnc4c3NC=NC4NC(=O)c3ccccc3)[C@H](OC)[C@@H]2OP(OCCC#N)N(C(C)C)C(C)C)(c2ccccc2)c2ccc(OC)cc2)cc1.